The van der Waals surface area contributed by atoms with Gasteiger partial charge in [0.1, 0.15) is 0 Å². The molecule has 0 spiro atoms. The second-order valence-electron chi connectivity index (χ2n) is 5.10. The first kappa shape index (κ1) is 12.8. The number of hydrogen-bond donors (Lipinski definition) is 0. The number of hydrogen-bond acceptors (Lipinski definition) is 3. The summed E-state index contributed by atoms with van der Waals surface area (Å²) in [6, 6.07) is 10.4. The molecule has 0 atom stereocenters. The number of benzene rings is 1. The fraction of sp³-hybridized carbons (Fsp3) is 0.286. The van der Waals surface area contributed by atoms with E-state index >= 15 is 0 Å². The molecule has 0 amide bonds. The lowest BCUT2D eigenvalue weighted by molar-refractivity contribution is 0.104. The van der Waals surface area contributed by atoms with E-state index in [0.29, 0.717) is 10.4 Å². The minimum absolute atomic E-state index is 0.0966. The molecular weight excluding hydrogens is 246 g/mol. The Morgan fingerprint density at radius 3 is 2.28 bits per heavy atom. The largest absolute Gasteiger partial charge is 0.288 e. The molecule has 0 radical (unpaired) electrons. The molecule has 0 saturated heterocycles. The summed E-state index contributed by atoms with van der Waals surface area (Å²) in [6.07, 6.45) is 0. The third kappa shape index (κ3) is 2.43. The molecule has 0 bridgehead atoms. The van der Waals surface area contributed by atoms with Crippen LogP contribution in [0.2, 0.25) is 0 Å². The van der Waals surface area contributed by atoms with Crippen molar-refractivity contribution in [2.24, 2.45) is 0 Å². The highest BCUT2D eigenvalue weighted by molar-refractivity contribution is 7.09. The topological polar surface area (TPSA) is 39.1 Å². The zero-order valence-electron chi connectivity index (χ0n) is 10.6. The molecule has 0 aliphatic carbocycles. The molecule has 0 unspecified atom stereocenters. The predicted molar refractivity (Wildman–Crippen MR) is 73.4 cm³/mol. The first-order chi connectivity index (χ1) is 8.39. The molecule has 0 aliphatic rings. The van der Waals surface area contributed by atoms with Gasteiger partial charge in [-0.1, -0.05) is 41.9 Å². The number of rotatable bonds is 2. The second kappa shape index (κ2) is 4.53. The predicted octanol–water partition coefficient (Wildman–Crippen LogP) is 2.90. The van der Waals surface area contributed by atoms with Gasteiger partial charge in [0.2, 0.25) is 5.78 Å². The molecule has 0 fully saturated rings. The average molecular weight is 261 g/mol. The molecule has 1 aromatic carbocycles. The highest BCUT2D eigenvalue weighted by Crippen LogP contribution is 2.19. The molecule has 4 heteroatoms. The van der Waals surface area contributed by atoms with Crippen LogP contribution in [0.25, 0.3) is 0 Å². The van der Waals surface area contributed by atoms with E-state index in [2.05, 4.69) is 0 Å². The van der Waals surface area contributed by atoms with Crippen LogP contribution in [0.15, 0.2) is 41.2 Å². The molecule has 18 heavy (non-hydrogen) atoms. The zero-order valence-corrected chi connectivity index (χ0v) is 11.5. The van der Waals surface area contributed by atoms with Crippen molar-refractivity contribution in [2.45, 2.75) is 26.3 Å². The van der Waals surface area contributed by atoms with Crippen molar-refractivity contribution in [1.82, 2.24) is 3.96 Å². The fourth-order valence-corrected chi connectivity index (χ4v) is 2.61. The fourth-order valence-electron chi connectivity index (χ4n) is 1.65. The van der Waals surface area contributed by atoms with Gasteiger partial charge in [-0.05, 0) is 20.8 Å². The lowest BCUT2D eigenvalue weighted by atomic mass is 10.1. The number of nitrogens with zero attached hydrogens (tertiary/aromatic N) is 1. The van der Waals surface area contributed by atoms with Crippen LogP contribution in [0.1, 0.15) is 36.0 Å². The Balaban J connectivity index is 2.43. The average Bonchev–Trinajstić information content (AvgIpc) is 2.71. The minimum atomic E-state index is -0.295. The van der Waals surface area contributed by atoms with Crippen LogP contribution in [0.4, 0.5) is 0 Å². The van der Waals surface area contributed by atoms with Gasteiger partial charge in [0.05, 0.1) is 10.4 Å². The van der Waals surface area contributed by atoms with Crippen molar-refractivity contribution in [1.29, 1.82) is 0 Å². The maximum atomic E-state index is 12.2. The van der Waals surface area contributed by atoms with E-state index in [1.54, 1.807) is 16.1 Å². The van der Waals surface area contributed by atoms with E-state index < -0.39 is 0 Å². The number of carbonyl (C=O) groups excluding carboxylic acids is 1. The van der Waals surface area contributed by atoms with Crippen LogP contribution in [0, 0.1) is 0 Å². The van der Waals surface area contributed by atoms with Crippen molar-refractivity contribution in [3.8, 4) is 0 Å². The Morgan fingerprint density at radius 2 is 1.78 bits per heavy atom. The van der Waals surface area contributed by atoms with E-state index in [1.165, 1.54) is 17.6 Å². The van der Waals surface area contributed by atoms with Gasteiger partial charge in [-0.15, -0.1) is 0 Å². The maximum absolute atomic E-state index is 12.2. The summed E-state index contributed by atoms with van der Waals surface area (Å²) in [5, 5.41) is 0. The summed E-state index contributed by atoms with van der Waals surface area (Å²) in [5.74, 6) is -0.0966. The van der Waals surface area contributed by atoms with E-state index in [1.807, 2.05) is 39.0 Å². The van der Waals surface area contributed by atoms with Gasteiger partial charge in [0.15, 0.2) is 0 Å². The van der Waals surface area contributed by atoms with Crippen molar-refractivity contribution < 1.29 is 4.79 Å². The van der Waals surface area contributed by atoms with Gasteiger partial charge < -0.3 is 0 Å². The molecule has 0 saturated carbocycles. The third-order valence-electron chi connectivity index (χ3n) is 2.51. The SMILES string of the molecule is CC(C)(C)n1sc(C(=O)c2ccccc2)cc1=O. The molecule has 3 nitrogen and oxygen atoms in total. The maximum Gasteiger partial charge on any atom is 0.261 e. The Morgan fingerprint density at radius 1 is 1.17 bits per heavy atom. The lowest BCUT2D eigenvalue weighted by Crippen LogP contribution is -2.28. The number of ketones is 1. The number of carbonyl (C=O) groups is 1. The van der Waals surface area contributed by atoms with Crippen molar-refractivity contribution in [3.63, 3.8) is 0 Å². The van der Waals surface area contributed by atoms with Gasteiger partial charge in [0, 0.05) is 11.6 Å². The first-order valence-electron chi connectivity index (χ1n) is 5.73. The smallest absolute Gasteiger partial charge is 0.261 e. The molecule has 0 N–H and O–H groups in total. The van der Waals surface area contributed by atoms with E-state index in [4.69, 9.17) is 0 Å². The van der Waals surface area contributed by atoms with Gasteiger partial charge in [-0.3, -0.25) is 13.5 Å². The molecular formula is C14H15NO2S. The third-order valence-corrected chi connectivity index (χ3v) is 3.92. The summed E-state index contributed by atoms with van der Waals surface area (Å²) in [5.41, 5.74) is 0.198. The summed E-state index contributed by atoms with van der Waals surface area (Å²) in [6.45, 7) is 5.84. The standard InChI is InChI=1S/C14H15NO2S/c1-14(2,3)15-12(16)9-11(18-15)13(17)10-7-5-4-6-8-10/h4-9H,1-3H3. The van der Waals surface area contributed by atoms with Crippen LogP contribution >= 0.6 is 11.5 Å². The van der Waals surface area contributed by atoms with Crippen LogP contribution in [-0.4, -0.2) is 9.74 Å². The molecule has 94 valence electrons. The highest BCUT2D eigenvalue weighted by Gasteiger charge is 2.20. The van der Waals surface area contributed by atoms with Gasteiger partial charge in [-0.25, -0.2) is 0 Å². The summed E-state index contributed by atoms with van der Waals surface area (Å²) >= 11 is 1.22. The van der Waals surface area contributed by atoms with E-state index in [9.17, 15) is 9.59 Å². The highest BCUT2D eigenvalue weighted by atomic mass is 32.1. The van der Waals surface area contributed by atoms with E-state index in [0.717, 1.165) is 0 Å². The summed E-state index contributed by atoms with van der Waals surface area (Å²) < 4.78 is 1.63. The molecule has 1 aromatic heterocycles. The minimum Gasteiger partial charge on any atom is -0.288 e. The van der Waals surface area contributed by atoms with Crippen LogP contribution in [0.5, 0.6) is 0 Å². The molecule has 2 aromatic rings. The van der Waals surface area contributed by atoms with Crippen LogP contribution in [0.3, 0.4) is 0 Å². The summed E-state index contributed by atoms with van der Waals surface area (Å²) in [4.78, 5) is 24.5. The Hall–Kier alpha value is -1.68. The van der Waals surface area contributed by atoms with Gasteiger partial charge in [-0.2, -0.15) is 0 Å². The summed E-state index contributed by atoms with van der Waals surface area (Å²) in [7, 11) is 0. The van der Waals surface area contributed by atoms with Crippen molar-refractivity contribution in [2.75, 3.05) is 0 Å². The molecule has 0 aliphatic heterocycles. The Bertz CT molecular complexity index is 617. The van der Waals surface area contributed by atoms with Crippen molar-refractivity contribution in [3.05, 3.63) is 57.2 Å². The second-order valence-corrected chi connectivity index (χ2v) is 6.09. The van der Waals surface area contributed by atoms with E-state index in [-0.39, 0.29) is 16.9 Å². The Labute approximate surface area is 110 Å². The first-order valence-corrected chi connectivity index (χ1v) is 6.50. The van der Waals surface area contributed by atoms with Gasteiger partial charge in [0.25, 0.3) is 5.56 Å². The van der Waals surface area contributed by atoms with Crippen LogP contribution in [-0.2, 0) is 5.54 Å². The lowest BCUT2D eigenvalue weighted by Gasteiger charge is -2.18. The number of aromatic nitrogens is 1. The molecule has 1 heterocycles. The quantitative estimate of drug-likeness (QED) is 0.780. The monoisotopic (exact) mass is 261 g/mol. The van der Waals surface area contributed by atoms with Crippen LogP contribution < -0.4 is 5.56 Å². The van der Waals surface area contributed by atoms with Gasteiger partial charge >= 0.3 is 0 Å². The normalized spacial score (nSPS) is 11.5. The zero-order chi connectivity index (χ0) is 13.3. The van der Waals surface area contributed by atoms with Crippen molar-refractivity contribution >= 4 is 17.3 Å². The Kier molecular flexibility index (Phi) is 3.22. The molecule has 2 rings (SSSR count).